The van der Waals surface area contributed by atoms with Crippen molar-refractivity contribution >= 4 is 22.4 Å². The van der Waals surface area contributed by atoms with Crippen LogP contribution < -0.4 is 5.32 Å². The average molecular weight is 280 g/mol. The first kappa shape index (κ1) is 13.6. The molecule has 2 heterocycles. The first-order valence-electron chi connectivity index (χ1n) is 5.96. The monoisotopic (exact) mass is 280 g/mol. The van der Waals surface area contributed by atoms with Crippen molar-refractivity contribution in [1.29, 1.82) is 0 Å². The summed E-state index contributed by atoms with van der Waals surface area (Å²) in [5.41, 5.74) is -0.177. The van der Waals surface area contributed by atoms with E-state index in [4.69, 9.17) is 0 Å². The number of aromatic amines is 1. The maximum atomic E-state index is 11.9. The SMILES string of the molecule is CCc1nnc(NC(=O)c2n[nH]c(C(C)(C)C)n2)s1. The van der Waals surface area contributed by atoms with E-state index in [0.717, 1.165) is 11.4 Å². The van der Waals surface area contributed by atoms with Gasteiger partial charge in [-0.3, -0.25) is 15.2 Å². The normalized spacial score (nSPS) is 11.6. The maximum Gasteiger partial charge on any atom is 0.297 e. The van der Waals surface area contributed by atoms with Crippen molar-refractivity contribution < 1.29 is 4.79 Å². The van der Waals surface area contributed by atoms with Crippen LogP contribution in [0.2, 0.25) is 0 Å². The van der Waals surface area contributed by atoms with Gasteiger partial charge in [0, 0.05) is 5.41 Å². The van der Waals surface area contributed by atoms with E-state index in [9.17, 15) is 4.79 Å². The molecule has 1 amide bonds. The second kappa shape index (κ2) is 5.04. The Morgan fingerprint density at radius 1 is 1.37 bits per heavy atom. The Bertz CT molecular complexity index is 582. The summed E-state index contributed by atoms with van der Waals surface area (Å²) in [4.78, 5) is 16.1. The summed E-state index contributed by atoms with van der Waals surface area (Å²) in [6, 6.07) is 0. The summed E-state index contributed by atoms with van der Waals surface area (Å²) in [6.07, 6.45) is 0.794. The van der Waals surface area contributed by atoms with Crippen molar-refractivity contribution in [2.24, 2.45) is 0 Å². The minimum absolute atomic E-state index is 0.109. The Labute approximate surface area is 114 Å². The largest absolute Gasteiger partial charge is 0.297 e. The van der Waals surface area contributed by atoms with Gasteiger partial charge in [0.2, 0.25) is 11.0 Å². The van der Waals surface area contributed by atoms with Crippen LogP contribution in [0.3, 0.4) is 0 Å². The molecule has 0 spiro atoms. The minimum atomic E-state index is -0.384. The number of anilines is 1. The Balaban J connectivity index is 2.10. The molecular weight excluding hydrogens is 264 g/mol. The number of carbonyl (C=O) groups excluding carboxylic acids is 1. The number of hydrogen-bond donors (Lipinski definition) is 2. The van der Waals surface area contributed by atoms with Crippen molar-refractivity contribution in [3.8, 4) is 0 Å². The van der Waals surface area contributed by atoms with E-state index in [-0.39, 0.29) is 17.1 Å². The maximum absolute atomic E-state index is 11.9. The van der Waals surface area contributed by atoms with Gasteiger partial charge >= 0.3 is 0 Å². The lowest BCUT2D eigenvalue weighted by Gasteiger charge is -2.12. The van der Waals surface area contributed by atoms with Gasteiger partial charge < -0.3 is 0 Å². The number of nitrogens with zero attached hydrogens (tertiary/aromatic N) is 4. The van der Waals surface area contributed by atoms with Gasteiger partial charge in [0.1, 0.15) is 10.8 Å². The minimum Gasteiger partial charge on any atom is -0.294 e. The molecule has 2 rings (SSSR count). The number of H-pyrrole nitrogens is 1. The third-order valence-electron chi connectivity index (χ3n) is 2.39. The predicted molar refractivity (Wildman–Crippen MR) is 72.3 cm³/mol. The highest BCUT2D eigenvalue weighted by molar-refractivity contribution is 7.15. The van der Waals surface area contributed by atoms with Gasteiger partial charge in [-0.05, 0) is 6.42 Å². The summed E-state index contributed by atoms with van der Waals surface area (Å²) in [7, 11) is 0. The fourth-order valence-electron chi connectivity index (χ4n) is 1.30. The molecule has 0 aliphatic heterocycles. The molecule has 0 saturated heterocycles. The fraction of sp³-hybridized carbons (Fsp3) is 0.545. The van der Waals surface area contributed by atoms with Crippen molar-refractivity contribution in [3.05, 3.63) is 16.7 Å². The van der Waals surface area contributed by atoms with Crippen LogP contribution >= 0.6 is 11.3 Å². The van der Waals surface area contributed by atoms with Crippen molar-refractivity contribution in [1.82, 2.24) is 25.4 Å². The quantitative estimate of drug-likeness (QED) is 0.893. The highest BCUT2D eigenvalue weighted by Crippen LogP contribution is 2.18. The average Bonchev–Trinajstić information content (AvgIpc) is 2.96. The van der Waals surface area contributed by atoms with E-state index in [1.165, 1.54) is 11.3 Å². The standard InChI is InChI=1S/C11H16N6OS/c1-5-6-14-17-10(19-6)13-8(18)7-12-9(16-15-7)11(2,3)4/h5H2,1-4H3,(H,12,15,16)(H,13,17,18). The van der Waals surface area contributed by atoms with Gasteiger partial charge in [-0.15, -0.1) is 15.3 Å². The van der Waals surface area contributed by atoms with E-state index in [0.29, 0.717) is 11.0 Å². The molecule has 2 aromatic heterocycles. The molecule has 7 nitrogen and oxygen atoms in total. The Morgan fingerprint density at radius 2 is 2.11 bits per heavy atom. The first-order valence-corrected chi connectivity index (χ1v) is 6.78. The van der Waals surface area contributed by atoms with E-state index in [1.54, 1.807) is 0 Å². The lowest BCUT2D eigenvalue weighted by atomic mass is 9.96. The van der Waals surface area contributed by atoms with Gasteiger partial charge in [0.05, 0.1) is 0 Å². The third kappa shape index (κ3) is 3.14. The molecule has 0 fully saturated rings. The molecule has 0 unspecified atom stereocenters. The summed E-state index contributed by atoms with van der Waals surface area (Å²) in [5.74, 6) is 0.396. The molecule has 0 aliphatic carbocycles. The van der Waals surface area contributed by atoms with Crippen molar-refractivity contribution in [2.75, 3.05) is 5.32 Å². The van der Waals surface area contributed by atoms with Crippen LogP contribution in [0.1, 0.15) is 49.1 Å². The van der Waals surface area contributed by atoms with Crippen LogP contribution in [0.4, 0.5) is 5.13 Å². The molecule has 2 N–H and O–H groups in total. The van der Waals surface area contributed by atoms with Gasteiger partial charge in [0.25, 0.3) is 5.91 Å². The van der Waals surface area contributed by atoms with Gasteiger partial charge in [-0.1, -0.05) is 39.0 Å². The zero-order valence-electron chi connectivity index (χ0n) is 11.3. The van der Waals surface area contributed by atoms with E-state index >= 15 is 0 Å². The van der Waals surface area contributed by atoms with Gasteiger partial charge in [-0.2, -0.15) is 0 Å². The molecular formula is C11H16N6OS. The van der Waals surface area contributed by atoms with Crippen LogP contribution in [-0.4, -0.2) is 31.3 Å². The van der Waals surface area contributed by atoms with Crippen LogP contribution in [-0.2, 0) is 11.8 Å². The number of rotatable bonds is 3. The van der Waals surface area contributed by atoms with Crippen LogP contribution in [0, 0.1) is 0 Å². The second-order valence-corrected chi connectivity index (χ2v) is 6.13. The topological polar surface area (TPSA) is 96.5 Å². The molecule has 0 atom stereocenters. The molecule has 2 aromatic rings. The smallest absolute Gasteiger partial charge is 0.294 e. The lowest BCUT2D eigenvalue weighted by molar-refractivity contribution is 0.101. The Hall–Kier alpha value is -1.83. The van der Waals surface area contributed by atoms with Crippen LogP contribution in [0.15, 0.2) is 0 Å². The predicted octanol–water partition coefficient (Wildman–Crippen LogP) is 1.77. The zero-order valence-corrected chi connectivity index (χ0v) is 12.1. The summed E-state index contributed by atoms with van der Waals surface area (Å²) in [5, 5.41) is 18.5. The number of nitrogens with one attached hydrogen (secondary N) is 2. The lowest BCUT2D eigenvalue weighted by Crippen LogP contribution is -2.16. The summed E-state index contributed by atoms with van der Waals surface area (Å²) >= 11 is 1.35. The summed E-state index contributed by atoms with van der Waals surface area (Å²) in [6.45, 7) is 7.96. The Kier molecular flexibility index (Phi) is 3.61. The van der Waals surface area contributed by atoms with Crippen LogP contribution in [0.5, 0.6) is 0 Å². The highest BCUT2D eigenvalue weighted by Gasteiger charge is 2.21. The van der Waals surface area contributed by atoms with E-state index in [1.807, 2.05) is 27.7 Å². The van der Waals surface area contributed by atoms with Crippen molar-refractivity contribution in [3.63, 3.8) is 0 Å². The Morgan fingerprint density at radius 3 is 2.63 bits per heavy atom. The molecule has 0 radical (unpaired) electrons. The number of aromatic nitrogens is 5. The van der Waals surface area contributed by atoms with E-state index < -0.39 is 0 Å². The molecule has 0 saturated carbocycles. The van der Waals surface area contributed by atoms with Gasteiger partial charge in [-0.25, -0.2) is 4.98 Å². The van der Waals surface area contributed by atoms with E-state index in [2.05, 4.69) is 30.7 Å². The van der Waals surface area contributed by atoms with Crippen LogP contribution in [0.25, 0.3) is 0 Å². The molecule has 0 aromatic carbocycles. The zero-order chi connectivity index (χ0) is 14.0. The first-order chi connectivity index (χ1) is 8.90. The second-order valence-electron chi connectivity index (χ2n) is 5.07. The molecule has 0 aliphatic rings. The highest BCUT2D eigenvalue weighted by atomic mass is 32.1. The fourth-order valence-corrected chi connectivity index (χ4v) is 1.97. The third-order valence-corrected chi connectivity index (χ3v) is 3.37. The van der Waals surface area contributed by atoms with Crippen molar-refractivity contribution in [2.45, 2.75) is 39.5 Å². The molecule has 102 valence electrons. The molecule has 8 heteroatoms. The number of amides is 1. The number of carbonyl (C=O) groups is 1. The number of hydrogen-bond acceptors (Lipinski definition) is 6. The summed E-state index contributed by atoms with van der Waals surface area (Å²) < 4.78 is 0. The van der Waals surface area contributed by atoms with Gasteiger partial charge in [0.15, 0.2) is 0 Å². The molecule has 0 bridgehead atoms. The molecule has 19 heavy (non-hydrogen) atoms. The number of aryl methyl sites for hydroxylation is 1.